The number of nitrogens with one attached hydrogen (secondary N) is 1. The first-order valence-corrected chi connectivity index (χ1v) is 9.91. The first kappa shape index (κ1) is 22.8. The van der Waals surface area contributed by atoms with Gasteiger partial charge in [-0.2, -0.15) is 0 Å². The molecule has 1 saturated heterocycles. The molecule has 1 aliphatic rings. The summed E-state index contributed by atoms with van der Waals surface area (Å²) in [5.74, 6) is -1.94. The van der Waals surface area contributed by atoms with Crippen molar-refractivity contribution in [1.29, 1.82) is 0 Å². The van der Waals surface area contributed by atoms with Crippen LogP contribution in [0.5, 0.6) is 11.5 Å². The smallest absolute Gasteiger partial charge is 0.311 e. The molecule has 1 aliphatic heterocycles. The maximum absolute atomic E-state index is 12.6. The minimum Gasteiger partial charge on any atom is -0.497 e. The van der Waals surface area contributed by atoms with Crippen molar-refractivity contribution in [2.24, 2.45) is 5.92 Å². The van der Waals surface area contributed by atoms with Gasteiger partial charge in [-0.15, -0.1) is 0 Å². The Bertz CT molecular complexity index is 1010. The van der Waals surface area contributed by atoms with Gasteiger partial charge in [-0.1, -0.05) is 29.8 Å². The van der Waals surface area contributed by atoms with E-state index in [1.807, 2.05) is 6.92 Å². The summed E-state index contributed by atoms with van der Waals surface area (Å²) in [6.45, 7) is 1.44. The number of aryl methyl sites for hydroxylation is 1. The van der Waals surface area contributed by atoms with E-state index in [0.29, 0.717) is 17.1 Å². The maximum Gasteiger partial charge on any atom is 0.311 e. The van der Waals surface area contributed by atoms with Crippen LogP contribution < -0.4 is 14.9 Å². The molecule has 0 bridgehead atoms. The highest BCUT2D eigenvalue weighted by molar-refractivity contribution is 5.99. The zero-order valence-corrected chi connectivity index (χ0v) is 18.0. The van der Waals surface area contributed by atoms with Gasteiger partial charge >= 0.3 is 5.97 Å². The third kappa shape index (κ3) is 5.42. The molecule has 2 aromatic carbocycles. The van der Waals surface area contributed by atoms with Crippen molar-refractivity contribution < 1.29 is 33.4 Å². The van der Waals surface area contributed by atoms with E-state index >= 15 is 0 Å². The number of rotatable bonds is 8. The number of ether oxygens (including phenoxy) is 3. The Balaban J connectivity index is 1.56. The first-order valence-electron chi connectivity index (χ1n) is 9.91. The van der Waals surface area contributed by atoms with Crippen molar-refractivity contribution in [3.63, 3.8) is 0 Å². The topological polar surface area (TPSA) is 111 Å². The predicted molar refractivity (Wildman–Crippen MR) is 113 cm³/mol. The number of carbonyl (C=O) groups excluding carboxylic acids is 4. The van der Waals surface area contributed by atoms with Crippen LogP contribution in [0.1, 0.15) is 32.7 Å². The van der Waals surface area contributed by atoms with Crippen LogP contribution in [0.3, 0.4) is 0 Å². The van der Waals surface area contributed by atoms with Crippen molar-refractivity contribution in [3.8, 4) is 11.5 Å². The van der Waals surface area contributed by atoms with Gasteiger partial charge in [-0.25, -0.2) is 0 Å². The van der Waals surface area contributed by atoms with Crippen molar-refractivity contribution in [1.82, 2.24) is 10.4 Å². The highest BCUT2D eigenvalue weighted by Crippen LogP contribution is 2.23. The van der Waals surface area contributed by atoms with E-state index in [0.717, 1.165) is 10.6 Å². The molecular weight excluding hydrogens is 416 g/mol. The lowest BCUT2D eigenvalue weighted by Crippen LogP contribution is -2.43. The maximum atomic E-state index is 12.6. The summed E-state index contributed by atoms with van der Waals surface area (Å²) in [6.07, 6.45) is -0.126. The van der Waals surface area contributed by atoms with Crippen molar-refractivity contribution in [2.45, 2.75) is 13.3 Å². The lowest BCUT2D eigenvalue weighted by atomic mass is 10.1. The molecule has 1 atom stereocenters. The molecule has 0 unspecified atom stereocenters. The quantitative estimate of drug-likeness (QED) is 0.493. The minimum absolute atomic E-state index is 0.0523. The van der Waals surface area contributed by atoms with E-state index in [2.05, 4.69) is 5.43 Å². The van der Waals surface area contributed by atoms with Crippen LogP contribution >= 0.6 is 0 Å². The van der Waals surface area contributed by atoms with Crippen LogP contribution in [-0.2, 0) is 14.3 Å². The zero-order chi connectivity index (χ0) is 23.3. The van der Waals surface area contributed by atoms with E-state index in [9.17, 15) is 19.2 Å². The third-order valence-corrected chi connectivity index (χ3v) is 5.03. The molecule has 1 N–H and O–H groups in total. The van der Waals surface area contributed by atoms with Gasteiger partial charge < -0.3 is 14.2 Å². The Morgan fingerprint density at radius 3 is 2.22 bits per heavy atom. The zero-order valence-electron chi connectivity index (χ0n) is 18.0. The van der Waals surface area contributed by atoms with Gasteiger partial charge in [0.15, 0.2) is 12.4 Å². The summed E-state index contributed by atoms with van der Waals surface area (Å²) >= 11 is 0. The molecule has 9 heteroatoms. The Labute approximate surface area is 185 Å². The number of ketones is 1. The lowest BCUT2D eigenvalue weighted by Gasteiger charge is -2.18. The van der Waals surface area contributed by atoms with Gasteiger partial charge in [-0.05, 0) is 19.1 Å². The number of amides is 2. The summed E-state index contributed by atoms with van der Waals surface area (Å²) in [5, 5.41) is 1.07. The second-order valence-electron chi connectivity index (χ2n) is 7.34. The fourth-order valence-corrected chi connectivity index (χ4v) is 3.18. The number of hydrogen-bond acceptors (Lipinski definition) is 7. The fourth-order valence-electron chi connectivity index (χ4n) is 3.18. The molecule has 1 fully saturated rings. The molecule has 168 valence electrons. The highest BCUT2D eigenvalue weighted by atomic mass is 16.5. The Hall–Kier alpha value is -3.88. The average Bonchev–Trinajstić information content (AvgIpc) is 3.17. The van der Waals surface area contributed by atoms with E-state index in [-0.39, 0.29) is 24.3 Å². The summed E-state index contributed by atoms with van der Waals surface area (Å²) in [5.41, 5.74) is 4.16. The minimum atomic E-state index is -0.784. The number of carbonyl (C=O) groups is 4. The second-order valence-corrected chi connectivity index (χ2v) is 7.34. The lowest BCUT2D eigenvalue weighted by molar-refractivity contribution is -0.147. The molecular formula is C23H24N2O7. The SMILES string of the molecule is COc1cc(OC)cc(C(=O)NN2C[C@@H](C(=O)OCC(=O)c3ccc(C)cc3)CC2=O)c1. The average molecular weight is 440 g/mol. The van der Waals surface area contributed by atoms with E-state index < -0.39 is 30.3 Å². The van der Waals surface area contributed by atoms with Gasteiger partial charge in [-0.3, -0.25) is 29.6 Å². The number of nitrogens with zero attached hydrogens (tertiary/aromatic N) is 1. The summed E-state index contributed by atoms with van der Waals surface area (Å²) in [6, 6.07) is 11.5. The van der Waals surface area contributed by atoms with Gasteiger partial charge in [0.05, 0.1) is 26.7 Å². The van der Waals surface area contributed by atoms with Crippen LogP contribution in [0.4, 0.5) is 0 Å². The molecule has 3 rings (SSSR count). The van der Waals surface area contributed by atoms with E-state index in [1.54, 1.807) is 30.3 Å². The number of hydrogen-bond donors (Lipinski definition) is 1. The molecule has 0 spiro atoms. The van der Waals surface area contributed by atoms with Crippen molar-refractivity contribution >= 4 is 23.6 Å². The standard InChI is InChI=1S/C23H24N2O7/c1-14-4-6-15(7-5-14)20(26)13-32-23(29)17-10-21(27)25(12-17)24-22(28)16-8-18(30-2)11-19(9-16)31-3/h4-9,11,17H,10,12-13H2,1-3H3,(H,24,28)/t17-/m0/s1. The van der Waals surface area contributed by atoms with Crippen LogP contribution in [0.15, 0.2) is 42.5 Å². The summed E-state index contributed by atoms with van der Waals surface area (Å²) in [7, 11) is 2.92. The molecule has 2 amide bonds. The second kappa shape index (κ2) is 9.95. The van der Waals surface area contributed by atoms with Crippen LogP contribution in [-0.4, -0.2) is 55.9 Å². The van der Waals surface area contributed by atoms with Crippen LogP contribution in [0.25, 0.3) is 0 Å². The van der Waals surface area contributed by atoms with Gasteiger partial charge in [0.1, 0.15) is 11.5 Å². The molecule has 0 aromatic heterocycles. The monoisotopic (exact) mass is 440 g/mol. The van der Waals surface area contributed by atoms with E-state index in [4.69, 9.17) is 14.2 Å². The molecule has 1 heterocycles. The number of Topliss-reactive ketones (excluding diaryl/α,β-unsaturated/α-hetero) is 1. The Kier molecular flexibility index (Phi) is 7.09. The number of methoxy groups -OCH3 is 2. The fraction of sp³-hybridized carbons (Fsp3) is 0.304. The molecule has 0 saturated carbocycles. The number of hydrazine groups is 1. The largest absolute Gasteiger partial charge is 0.497 e. The van der Waals surface area contributed by atoms with Crippen molar-refractivity contribution in [2.75, 3.05) is 27.4 Å². The normalized spacial score (nSPS) is 15.3. The van der Waals surface area contributed by atoms with Gasteiger partial charge in [0, 0.05) is 23.6 Å². The number of esters is 1. The predicted octanol–water partition coefficient (Wildman–Crippen LogP) is 1.93. The molecule has 0 aliphatic carbocycles. The summed E-state index contributed by atoms with van der Waals surface area (Å²) < 4.78 is 15.4. The number of benzene rings is 2. The first-order chi connectivity index (χ1) is 15.3. The third-order valence-electron chi connectivity index (χ3n) is 5.03. The summed E-state index contributed by atoms with van der Waals surface area (Å²) in [4.78, 5) is 49.4. The molecule has 2 aromatic rings. The van der Waals surface area contributed by atoms with E-state index in [1.165, 1.54) is 26.4 Å². The highest BCUT2D eigenvalue weighted by Gasteiger charge is 2.36. The molecule has 0 radical (unpaired) electrons. The van der Waals surface area contributed by atoms with Gasteiger partial charge in [0.25, 0.3) is 5.91 Å². The Morgan fingerprint density at radius 1 is 1.00 bits per heavy atom. The van der Waals surface area contributed by atoms with Crippen LogP contribution in [0, 0.1) is 12.8 Å². The van der Waals surface area contributed by atoms with Crippen molar-refractivity contribution in [3.05, 3.63) is 59.2 Å². The van der Waals surface area contributed by atoms with Gasteiger partial charge in [0.2, 0.25) is 5.91 Å². The Morgan fingerprint density at radius 2 is 1.62 bits per heavy atom. The van der Waals surface area contributed by atoms with Crippen LogP contribution in [0.2, 0.25) is 0 Å². The molecule has 9 nitrogen and oxygen atoms in total. The molecule has 32 heavy (non-hydrogen) atoms.